The van der Waals surface area contributed by atoms with Crippen molar-refractivity contribution in [3.8, 4) is 0 Å². The summed E-state index contributed by atoms with van der Waals surface area (Å²) in [5.74, 6) is -1.17. The molecule has 2 aromatic heterocycles. The molecular weight excluding hydrogens is 389 g/mol. The summed E-state index contributed by atoms with van der Waals surface area (Å²) in [6, 6.07) is 11.5. The summed E-state index contributed by atoms with van der Waals surface area (Å²) in [7, 11) is -3.91. The Morgan fingerprint density at radius 2 is 1.96 bits per heavy atom. The molecule has 1 aromatic carbocycles. The van der Waals surface area contributed by atoms with Gasteiger partial charge in [-0.15, -0.1) is 11.3 Å². The number of nitrogens with one attached hydrogen (secondary N) is 2. The van der Waals surface area contributed by atoms with Crippen molar-refractivity contribution < 1.29 is 17.6 Å². The number of aryl methyl sites for hydroxylation is 1. The van der Waals surface area contributed by atoms with Crippen LogP contribution in [-0.2, 0) is 16.4 Å². The van der Waals surface area contributed by atoms with Crippen molar-refractivity contribution in [2.75, 3.05) is 10.0 Å². The first-order valence-electron chi connectivity index (χ1n) is 8.02. The Balaban J connectivity index is 1.89. The second-order valence-corrected chi connectivity index (χ2v) is 8.62. The highest BCUT2D eigenvalue weighted by molar-refractivity contribution is 7.94. The normalized spacial score (nSPS) is 11.2. The molecule has 0 atom stereocenters. The Bertz CT molecular complexity index is 1070. The van der Waals surface area contributed by atoms with Gasteiger partial charge in [0.15, 0.2) is 0 Å². The third kappa shape index (κ3) is 4.50. The monoisotopic (exact) mass is 405 g/mol. The predicted octanol–water partition coefficient (Wildman–Crippen LogP) is 3.90. The molecule has 0 fully saturated rings. The third-order valence-electron chi connectivity index (χ3n) is 3.62. The maximum atomic E-state index is 13.7. The van der Waals surface area contributed by atoms with Crippen LogP contribution in [0, 0.1) is 5.82 Å². The highest BCUT2D eigenvalue weighted by Gasteiger charge is 2.20. The van der Waals surface area contributed by atoms with Crippen molar-refractivity contribution in [1.82, 2.24) is 4.98 Å². The number of benzene rings is 1. The van der Waals surface area contributed by atoms with E-state index < -0.39 is 21.7 Å². The van der Waals surface area contributed by atoms with Crippen LogP contribution in [-0.4, -0.2) is 19.3 Å². The maximum Gasteiger partial charge on any atom is 0.274 e. The van der Waals surface area contributed by atoms with Crippen molar-refractivity contribution in [1.29, 1.82) is 0 Å². The van der Waals surface area contributed by atoms with Crippen LogP contribution >= 0.6 is 11.3 Å². The molecule has 9 heteroatoms. The van der Waals surface area contributed by atoms with Crippen LogP contribution < -0.4 is 10.0 Å². The number of hydrogen-bond donors (Lipinski definition) is 2. The van der Waals surface area contributed by atoms with Gasteiger partial charge in [-0.3, -0.25) is 14.5 Å². The minimum atomic E-state index is -3.91. The molecule has 1 amide bonds. The molecule has 0 bridgehead atoms. The highest BCUT2D eigenvalue weighted by Crippen LogP contribution is 2.29. The molecular formula is C18H16FN3O3S2. The maximum absolute atomic E-state index is 13.7. The molecule has 0 spiro atoms. The first-order chi connectivity index (χ1) is 12.9. The molecule has 2 heterocycles. The molecule has 0 aliphatic carbocycles. The molecule has 6 nitrogen and oxygen atoms in total. The van der Waals surface area contributed by atoms with Crippen molar-refractivity contribution in [2.45, 2.75) is 17.6 Å². The lowest BCUT2D eigenvalue weighted by Gasteiger charge is -2.13. The number of sulfonamides is 1. The molecule has 0 unspecified atom stereocenters. The summed E-state index contributed by atoms with van der Waals surface area (Å²) in [5.41, 5.74) is 0.218. The van der Waals surface area contributed by atoms with Crippen LogP contribution in [0.25, 0.3) is 0 Å². The van der Waals surface area contributed by atoms with Gasteiger partial charge in [-0.1, -0.05) is 13.0 Å². The van der Waals surface area contributed by atoms with Gasteiger partial charge in [-0.2, -0.15) is 0 Å². The molecule has 0 aliphatic rings. The number of hydrogen-bond acceptors (Lipinski definition) is 5. The first kappa shape index (κ1) is 19.0. The van der Waals surface area contributed by atoms with E-state index in [1.165, 1.54) is 24.4 Å². The van der Waals surface area contributed by atoms with E-state index in [4.69, 9.17) is 0 Å². The first-order valence-corrected chi connectivity index (χ1v) is 10.3. The van der Waals surface area contributed by atoms with E-state index in [-0.39, 0.29) is 21.3 Å². The van der Waals surface area contributed by atoms with E-state index in [1.54, 1.807) is 18.2 Å². The SMILES string of the molecule is CCc1ccc(S(=O)(=O)Nc2cc(F)ccc2NC(=O)c2ccccn2)s1. The molecule has 27 heavy (non-hydrogen) atoms. The number of halogens is 1. The van der Waals surface area contributed by atoms with Crippen LogP contribution in [0.1, 0.15) is 22.3 Å². The van der Waals surface area contributed by atoms with E-state index in [9.17, 15) is 17.6 Å². The topological polar surface area (TPSA) is 88.2 Å². The smallest absolute Gasteiger partial charge is 0.274 e. The lowest BCUT2D eigenvalue weighted by molar-refractivity contribution is 0.102. The highest BCUT2D eigenvalue weighted by atomic mass is 32.2. The summed E-state index contributed by atoms with van der Waals surface area (Å²) in [6.07, 6.45) is 2.18. The second-order valence-electron chi connectivity index (χ2n) is 5.54. The van der Waals surface area contributed by atoms with Gasteiger partial charge in [-0.05, 0) is 42.8 Å². The number of carbonyl (C=O) groups is 1. The average Bonchev–Trinajstić information content (AvgIpc) is 3.14. The Labute approximate surface area is 160 Å². The zero-order valence-corrected chi connectivity index (χ0v) is 15.9. The quantitative estimate of drug-likeness (QED) is 0.651. The number of aromatic nitrogens is 1. The molecule has 0 aliphatic heterocycles. The van der Waals surface area contributed by atoms with E-state index in [0.29, 0.717) is 6.42 Å². The molecule has 140 valence electrons. The number of rotatable bonds is 6. The van der Waals surface area contributed by atoms with Gasteiger partial charge in [0.05, 0.1) is 11.4 Å². The zero-order chi connectivity index (χ0) is 19.4. The summed E-state index contributed by atoms with van der Waals surface area (Å²) >= 11 is 1.14. The minimum absolute atomic E-state index is 0.0641. The van der Waals surface area contributed by atoms with Crippen molar-refractivity contribution in [3.63, 3.8) is 0 Å². The third-order valence-corrected chi connectivity index (χ3v) is 6.71. The molecule has 0 radical (unpaired) electrons. The molecule has 0 saturated carbocycles. The van der Waals surface area contributed by atoms with Crippen LogP contribution in [0.4, 0.5) is 15.8 Å². The number of pyridine rings is 1. The molecule has 2 N–H and O–H groups in total. The number of amides is 1. The minimum Gasteiger partial charge on any atom is -0.319 e. The number of thiophene rings is 1. The fourth-order valence-corrected chi connectivity index (χ4v) is 4.65. The van der Waals surface area contributed by atoms with Gasteiger partial charge < -0.3 is 5.32 Å². The lowest BCUT2D eigenvalue weighted by atomic mass is 10.2. The Hall–Kier alpha value is -2.78. The van der Waals surface area contributed by atoms with Gasteiger partial charge >= 0.3 is 0 Å². The Morgan fingerprint density at radius 3 is 2.63 bits per heavy atom. The van der Waals surface area contributed by atoms with Gasteiger partial charge in [-0.25, -0.2) is 12.8 Å². The number of anilines is 2. The molecule has 0 saturated heterocycles. The zero-order valence-electron chi connectivity index (χ0n) is 14.3. The predicted molar refractivity (Wildman–Crippen MR) is 103 cm³/mol. The lowest BCUT2D eigenvalue weighted by Crippen LogP contribution is -2.17. The van der Waals surface area contributed by atoms with Gasteiger partial charge in [0.25, 0.3) is 15.9 Å². The second kappa shape index (κ2) is 7.85. The van der Waals surface area contributed by atoms with E-state index in [0.717, 1.165) is 28.3 Å². The van der Waals surface area contributed by atoms with Crippen molar-refractivity contribution >= 4 is 38.6 Å². The van der Waals surface area contributed by atoms with Crippen LogP contribution in [0.3, 0.4) is 0 Å². The summed E-state index contributed by atoms with van der Waals surface area (Å²) in [4.78, 5) is 17.1. The van der Waals surface area contributed by atoms with E-state index >= 15 is 0 Å². The van der Waals surface area contributed by atoms with Gasteiger partial charge in [0.2, 0.25) is 0 Å². The Morgan fingerprint density at radius 1 is 1.15 bits per heavy atom. The van der Waals surface area contributed by atoms with Crippen molar-refractivity contribution in [3.05, 3.63) is 71.1 Å². The standard InChI is InChI=1S/C18H16FN3O3S2/c1-2-13-7-9-17(26-13)27(24,25)22-16-11-12(19)6-8-14(16)21-18(23)15-5-3-4-10-20-15/h3-11,22H,2H2,1H3,(H,21,23). The summed E-state index contributed by atoms with van der Waals surface area (Å²) in [6.45, 7) is 1.92. The Kier molecular flexibility index (Phi) is 5.52. The number of nitrogens with zero attached hydrogens (tertiary/aromatic N) is 1. The molecule has 3 rings (SSSR count). The largest absolute Gasteiger partial charge is 0.319 e. The number of carbonyl (C=O) groups excluding carboxylic acids is 1. The van der Waals surface area contributed by atoms with Gasteiger partial charge in [0.1, 0.15) is 15.7 Å². The van der Waals surface area contributed by atoms with Gasteiger partial charge in [0, 0.05) is 17.1 Å². The van der Waals surface area contributed by atoms with Crippen LogP contribution in [0.5, 0.6) is 0 Å². The average molecular weight is 405 g/mol. The summed E-state index contributed by atoms with van der Waals surface area (Å²) in [5, 5.41) is 2.55. The van der Waals surface area contributed by atoms with E-state index in [2.05, 4.69) is 15.0 Å². The van der Waals surface area contributed by atoms with E-state index in [1.807, 2.05) is 6.92 Å². The fourth-order valence-electron chi connectivity index (χ4n) is 2.28. The van der Waals surface area contributed by atoms with Crippen LogP contribution in [0.2, 0.25) is 0 Å². The van der Waals surface area contributed by atoms with Crippen molar-refractivity contribution in [2.24, 2.45) is 0 Å². The summed E-state index contributed by atoms with van der Waals surface area (Å²) < 4.78 is 41.4. The molecule has 3 aromatic rings. The van der Waals surface area contributed by atoms with Crippen LogP contribution in [0.15, 0.2) is 58.9 Å². The fraction of sp³-hybridized carbons (Fsp3) is 0.111.